The maximum Gasteiger partial charge on any atom is 0.396 e. The highest BCUT2D eigenvalue weighted by atomic mass is 32.2. The number of rotatable bonds is 3. The molecular weight excluding hydrogens is 336 g/mol. The van der Waals surface area contributed by atoms with Crippen molar-refractivity contribution in [2.24, 2.45) is 0 Å². The standard InChI is InChI=1S/C14H20N4O5S/c1-9-13(14(19)18(5,20)21)16(2)12-8-10(6-7-11(12)15-9)17(3,4)24(22)23/h6-8,20H,1-5H3,(H-,15,19,22,23)/p+1. The van der Waals surface area contributed by atoms with Crippen molar-refractivity contribution in [2.75, 3.05) is 38.4 Å². The average Bonchev–Trinajstić information content (AvgIpc) is 2.45. The Morgan fingerprint density at radius 3 is 2.42 bits per heavy atom. The fourth-order valence-electron chi connectivity index (χ4n) is 2.46. The van der Waals surface area contributed by atoms with Gasteiger partial charge in [0.15, 0.2) is 5.70 Å². The molecule has 0 radical (unpaired) electrons. The Morgan fingerprint density at radius 1 is 1.33 bits per heavy atom. The summed E-state index contributed by atoms with van der Waals surface area (Å²) in [6.07, 6.45) is 0. The van der Waals surface area contributed by atoms with Gasteiger partial charge in [0.05, 0.1) is 25.5 Å². The lowest BCUT2D eigenvalue weighted by molar-refractivity contribution is -0.981. The van der Waals surface area contributed by atoms with Crippen molar-refractivity contribution in [2.45, 2.75) is 6.92 Å². The van der Waals surface area contributed by atoms with E-state index < -0.39 is 22.0 Å². The number of benzene rings is 1. The van der Waals surface area contributed by atoms with Crippen LogP contribution in [-0.2, 0) is 16.1 Å². The minimum Gasteiger partial charge on any atom is -0.591 e. The van der Waals surface area contributed by atoms with Gasteiger partial charge in [-0.05, 0) is 13.0 Å². The summed E-state index contributed by atoms with van der Waals surface area (Å²) in [7, 11) is 5.56. The summed E-state index contributed by atoms with van der Waals surface area (Å²) in [5, 5.41) is 24.1. The molecule has 0 saturated carbocycles. The van der Waals surface area contributed by atoms with Gasteiger partial charge in [-0.3, -0.25) is 4.55 Å². The van der Waals surface area contributed by atoms with Crippen LogP contribution in [0, 0.1) is 5.21 Å². The number of quaternary nitrogens is 2. The number of hydrogen-bond acceptors (Lipinski definition) is 6. The van der Waals surface area contributed by atoms with Gasteiger partial charge in [-0.1, -0.05) is 0 Å². The zero-order valence-corrected chi connectivity index (χ0v) is 14.9. The highest BCUT2D eigenvalue weighted by molar-refractivity contribution is 7.78. The zero-order valence-electron chi connectivity index (χ0n) is 14.1. The molecule has 10 heteroatoms. The van der Waals surface area contributed by atoms with Crippen LogP contribution < -0.4 is 14.1 Å². The Hall–Kier alpha value is -1.82. The molecule has 1 amide bonds. The van der Waals surface area contributed by atoms with Gasteiger partial charge in [0.1, 0.15) is 12.7 Å². The molecule has 1 aliphatic rings. The van der Waals surface area contributed by atoms with Crippen LogP contribution in [-0.4, -0.2) is 52.9 Å². The van der Waals surface area contributed by atoms with Crippen LogP contribution in [0.4, 0.5) is 17.1 Å². The first-order valence-corrected chi connectivity index (χ1v) is 8.10. The van der Waals surface area contributed by atoms with Crippen molar-refractivity contribution in [3.8, 4) is 0 Å². The van der Waals surface area contributed by atoms with E-state index in [4.69, 9.17) is 0 Å². The molecule has 9 nitrogen and oxygen atoms in total. The van der Waals surface area contributed by atoms with Crippen LogP contribution in [0.3, 0.4) is 0 Å². The molecule has 0 bridgehead atoms. The Labute approximate surface area is 142 Å². The third-order valence-electron chi connectivity index (χ3n) is 3.95. The fraction of sp³-hybridized carbons (Fsp3) is 0.357. The van der Waals surface area contributed by atoms with Gasteiger partial charge in [0.2, 0.25) is 0 Å². The van der Waals surface area contributed by atoms with Crippen LogP contribution in [0.5, 0.6) is 0 Å². The molecule has 1 heterocycles. The van der Waals surface area contributed by atoms with Crippen molar-refractivity contribution in [3.05, 3.63) is 34.8 Å². The summed E-state index contributed by atoms with van der Waals surface area (Å²) in [6.45, 7) is 1.62. The summed E-state index contributed by atoms with van der Waals surface area (Å²) in [5.41, 5.74) is 2.22. The van der Waals surface area contributed by atoms with E-state index in [1.165, 1.54) is 4.90 Å². The molecule has 0 saturated heterocycles. The molecular formula is C14H21N4O5S+. The number of anilines is 2. The number of amides is 1. The third kappa shape index (κ3) is 3.07. The molecule has 1 aliphatic heterocycles. The number of carbonyl (C=O) groups excluding carboxylic acids is 1. The lowest BCUT2D eigenvalue weighted by Gasteiger charge is -2.35. The van der Waals surface area contributed by atoms with Crippen LogP contribution in [0.25, 0.3) is 0 Å². The summed E-state index contributed by atoms with van der Waals surface area (Å²) >= 11 is -2.15. The second kappa shape index (κ2) is 5.92. The number of fused-ring (bicyclic) bond motifs is 1. The molecule has 2 unspecified atom stereocenters. The molecule has 2 rings (SSSR count). The van der Waals surface area contributed by atoms with E-state index in [2.05, 4.69) is 5.32 Å². The Bertz CT molecular complexity index is 754. The summed E-state index contributed by atoms with van der Waals surface area (Å²) in [6, 6.07) is 5.08. The molecule has 0 aliphatic carbocycles. The van der Waals surface area contributed by atoms with Gasteiger partial charge >= 0.3 is 17.2 Å². The molecule has 1 aromatic carbocycles. The summed E-state index contributed by atoms with van der Waals surface area (Å²) < 4.78 is 20.7. The van der Waals surface area contributed by atoms with Gasteiger partial charge < -0.3 is 15.4 Å². The van der Waals surface area contributed by atoms with Crippen LogP contribution in [0.1, 0.15) is 6.92 Å². The van der Waals surface area contributed by atoms with E-state index in [1.807, 2.05) is 0 Å². The third-order valence-corrected chi connectivity index (χ3v) is 4.94. The maximum absolute atomic E-state index is 12.2. The largest absolute Gasteiger partial charge is 0.591 e. The van der Waals surface area contributed by atoms with E-state index in [9.17, 15) is 24.0 Å². The van der Waals surface area contributed by atoms with Crippen molar-refractivity contribution < 1.29 is 23.6 Å². The normalized spacial score (nSPS) is 18.6. The number of likely N-dealkylation sites (N-methyl/N-ethyl adjacent to an activating group) is 2. The lowest BCUT2D eigenvalue weighted by atomic mass is 10.1. The van der Waals surface area contributed by atoms with Gasteiger partial charge in [0.25, 0.3) is 0 Å². The number of nitrogens with one attached hydrogen (secondary N) is 1. The highest BCUT2D eigenvalue weighted by Crippen LogP contribution is 2.39. The predicted octanol–water partition coefficient (Wildman–Crippen LogP) is 1.34. The van der Waals surface area contributed by atoms with E-state index in [0.29, 0.717) is 22.8 Å². The van der Waals surface area contributed by atoms with E-state index in [0.717, 1.165) is 7.05 Å². The first kappa shape index (κ1) is 18.5. The van der Waals surface area contributed by atoms with E-state index in [1.54, 1.807) is 46.3 Å². The zero-order chi connectivity index (χ0) is 18.4. The van der Waals surface area contributed by atoms with Crippen molar-refractivity contribution >= 4 is 34.2 Å². The maximum atomic E-state index is 12.2. The predicted molar refractivity (Wildman–Crippen MR) is 91.9 cm³/mol. The monoisotopic (exact) mass is 357 g/mol. The summed E-state index contributed by atoms with van der Waals surface area (Å²) in [5.74, 6) is -1.02. The minimum atomic E-state index is -2.15. The first-order chi connectivity index (χ1) is 10.9. The SMILES string of the molecule is CC1=C(C(=O)[N+](C)([O-])O)N(C)c2cc([N+](C)(C)S(=O)O)ccc2N1. The summed E-state index contributed by atoms with van der Waals surface area (Å²) in [4.78, 5) is 11.6. The van der Waals surface area contributed by atoms with Gasteiger partial charge in [-0.25, -0.2) is 10.0 Å². The van der Waals surface area contributed by atoms with Crippen molar-refractivity contribution in [1.82, 2.24) is 3.89 Å². The number of carbonyl (C=O) groups is 1. The van der Waals surface area contributed by atoms with Crippen LogP contribution in [0.2, 0.25) is 0 Å². The Morgan fingerprint density at radius 2 is 1.92 bits per heavy atom. The average molecular weight is 357 g/mol. The van der Waals surface area contributed by atoms with Gasteiger partial charge in [-0.2, -0.15) is 8.10 Å². The molecule has 3 N–H and O–H groups in total. The number of hydrogen-bond donors (Lipinski definition) is 3. The quantitative estimate of drug-likeness (QED) is 0.324. The number of nitrogens with zero attached hydrogens (tertiary/aromatic N) is 3. The molecule has 2 atom stereocenters. The van der Waals surface area contributed by atoms with Gasteiger partial charge in [0, 0.05) is 24.9 Å². The van der Waals surface area contributed by atoms with E-state index >= 15 is 0 Å². The first-order valence-electron chi connectivity index (χ1n) is 7.04. The second-order valence-corrected chi connectivity index (χ2v) is 7.50. The molecule has 0 fully saturated rings. The molecule has 132 valence electrons. The van der Waals surface area contributed by atoms with Crippen LogP contribution >= 0.6 is 0 Å². The second-order valence-electron chi connectivity index (χ2n) is 6.12. The smallest absolute Gasteiger partial charge is 0.396 e. The fourth-order valence-corrected chi connectivity index (χ4v) is 2.76. The van der Waals surface area contributed by atoms with Crippen LogP contribution in [0.15, 0.2) is 29.6 Å². The van der Waals surface area contributed by atoms with Crippen molar-refractivity contribution in [1.29, 1.82) is 0 Å². The van der Waals surface area contributed by atoms with E-state index in [-0.39, 0.29) is 9.59 Å². The number of allylic oxidation sites excluding steroid dienone is 1. The highest BCUT2D eigenvalue weighted by Gasteiger charge is 2.36. The molecule has 0 aromatic heterocycles. The van der Waals surface area contributed by atoms with Gasteiger partial charge in [-0.15, -0.1) is 4.81 Å². The topological polar surface area (TPSA) is 113 Å². The Kier molecular flexibility index (Phi) is 4.57. The minimum absolute atomic E-state index is 0.0232. The molecule has 0 spiro atoms. The number of hydroxylamine groups is 4. The molecule has 24 heavy (non-hydrogen) atoms. The van der Waals surface area contributed by atoms with Crippen molar-refractivity contribution in [3.63, 3.8) is 0 Å². The Balaban J connectivity index is 2.54. The lowest BCUT2D eigenvalue weighted by Crippen LogP contribution is -2.46. The molecule has 1 aromatic rings.